The number of non-ortho nitro benzene ring substituents is 1. The normalized spacial score (nSPS) is 22.7. The van der Waals surface area contributed by atoms with Gasteiger partial charge in [-0.1, -0.05) is 11.6 Å². The van der Waals surface area contributed by atoms with Crippen LogP contribution in [0.5, 0.6) is 0 Å². The van der Waals surface area contributed by atoms with Gasteiger partial charge >= 0.3 is 0 Å². The van der Waals surface area contributed by atoms with Crippen LogP contribution in [0.3, 0.4) is 0 Å². The van der Waals surface area contributed by atoms with E-state index in [1.165, 1.54) is 18.9 Å². The van der Waals surface area contributed by atoms with Gasteiger partial charge < -0.3 is 5.32 Å². The molecule has 0 spiro atoms. The minimum Gasteiger partial charge on any atom is -0.310 e. The van der Waals surface area contributed by atoms with Crippen molar-refractivity contribution in [1.82, 2.24) is 5.32 Å². The third kappa shape index (κ3) is 4.11. The van der Waals surface area contributed by atoms with Gasteiger partial charge in [-0.25, -0.2) is 0 Å². The summed E-state index contributed by atoms with van der Waals surface area (Å²) in [5, 5.41) is 15.6. The number of halogens is 1. The Hall–Kier alpha value is -0.780. The standard InChI is InChI=1S/C14H19ClN2O2S/c1-20-13-5-2-11(3-6-13)16-9-10-8-12(17(18)19)4-7-14(10)15/h4,7-8,11,13,16H,2-3,5-6,9H2,1H3. The Labute approximate surface area is 128 Å². The number of hydrogen-bond acceptors (Lipinski definition) is 4. The SMILES string of the molecule is CSC1CCC(NCc2cc([N+](=O)[O-])ccc2Cl)CC1. The van der Waals surface area contributed by atoms with Crippen LogP contribution in [0.4, 0.5) is 5.69 Å². The summed E-state index contributed by atoms with van der Waals surface area (Å²) in [6, 6.07) is 5.09. The first-order valence-corrected chi connectivity index (χ1v) is 8.45. The predicted octanol–water partition coefficient (Wildman–Crippen LogP) is 4.01. The van der Waals surface area contributed by atoms with E-state index in [0.29, 0.717) is 17.6 Å². The molecule has 2 rings (SSSR count). The van der Waals surface area contributed by atoms with E-state index in [2.05, 4.69) is 11.6 Å². The maximum Gasteiger partial charge on any atom is 0.269 e. The summed E-state index contributed by atoms with van der Waals surface area (Å²) in [6.07, 6.45) is 6.97. The molecule has 0 aromatic heterocycles. The van der Waals surface area contributed by atoms with Crippen molar-refractivity contribution < 1.29 is 4.92 Å². The Kier molecular flexibility index (Phi) is 5.69. The van der Waals surface area contributed by atoms with Gasteiger partial charge in [-0.2, -0.15) is 11.8 Å². The van der Waals surface area contributed by atoms with Crippen molar-refractivity contribution in [2.75, 3.05) is 6.26 Å². The highest BCUT2D eigenvalue weighted by molar-refractivity contribution is 7.99. The van der Waals surface area contributed by atoms with E-state index in [0.717, 1.165) is 23.7 Å². The van der Waals surface area contributed by atoms with Gasteiger partial charge in [-0.05, 0) is 43.6 Å². The lowest BCUT2D eigenvalue weighted by Gasteiger charge is -2.28. The predicted molar refractivity (Wildman–Crippen MR) is 84.5 cm³/mol. The molecular weight excluding hydrogens is 296 g/mol. The van der Waals surface area contributed by atoms with Crippen LogP contribution in [0.1, 0.15) is 31.2 Å². The number of hydrogen-bond donors (Lipinski definition) is 1. The maximum absolute atomic E-state index is 10.8. The number of benzene rings is 1. The molecule has 0 unspecified atom stereocenters. The summed E-state index contributed by atoms with van der Waals surface area (Å²) >= 11 is 8.04. The van der Waals surface area contributed by atoms with E-state index in [-0.39, 0.29) is 10.6 Å². The lowest BCUT2D eigenvalue weighted by atomic mass is 9.95. The Balaban J connectivity index is 1.91. The van der Waals surface area contributed by atoms with Crippen molar-refractivity contribution in [2.45, 2.75) is 43.5 Å². The Bertz CT molecular complexity index is 476. The van der Waals surface area contributed by atoms with Gasteiger partial charge in [0, 0.05) is 35.0 Å². The van der Waals surface area contributed by atoms with Gasteiger partial charge in [0.15, 0.2) is 0 Å². The molecule has 1 aliphatic carbocycles. The highest BCUT2D eigenvalue weighted by atomic mass is 35.5. The van der Waals surface area contributed by atoms with Crippen molar-refractivity contribution in [2.24, 2.45) is 0 Å². The highest BCUT2D eigenvalue weighted by Crippen LogP contribution is 2.27. The van der Waals surface area contributed by atoms with Crippen molar-refractivity contribution in [1.29, 1.82) is 0 Å². The number of nitro groups is 1. The van der Waals surface area contributed by atoms with Crippen LogP contribution < -0.4 is 5.32 Å². The minimum atomic E-state index is -0.385. The molecule has 0 bridgehead atoms. The van der Waals surface area contributed by atoms with Gasteiger partial charge in [0.25, 0.3) is 5.69 Å². The lowest BCUT2D eigenvalue weighted by Crippen LogP contribution is -2.33. The van der Waals surface area contributed by atoms with Crippen LogP contribution in [-0.4, -0.2) is 22.5 Å². The smallest absolute Gasteiger partial charge is 0.269 e. The quantitative estimate of drug-likeness (QED) is 0.659. The Morgan fingerprint density at radius 2 is 2.10 bits per heavy atom. The molecule has 1 N–H and O–H groups in total. The molecule has 20 heavy (non-hydrogen) atoms. The first kappa shape index (κ1) is 15.6. The molecule has 0 heterocycles. The first-order valence-electron chi connectivity index (χ1n) is 6.79. The number of rotatable bonds is 5. The second-order valence-corrected chi connectivity index (χ2v) is 6.67. The average Bonchev–Trinajstić information content (AvgIpc) is 2.46. The van der Waals surface area contributed by atoms with Crippen molar-refractivity contribution >= 4 is 29.1 Å². The van der Waals surface area contributed by atoms with Crippen molar-refractivity contribution in [3.63, 3.8) is 0 Å². The fourth-order valence-electron chi connectivity index (χ4n) is 2.57. The molecule has 4 nitrogen and oxygen atoms in total. The summed E-state index contributed by atoms with van der Waals surface area (Å²) < 4.78 is 0. The van der Waals surface area contributed by atoms with E-state index in [1.54, 1.807) is 12.1 Å². The van der Waals surface area contributed by atoms with Crippen LogP contribution in [0, 0.1) is 10.1 Å². The van der Waals surface area contributed by atoms with Crippen molar-refractivity contribution in [3.05, 3.63) is 38.9 Å². The molecule has 0 aliphatic heterocycles. The highest BCUT2D eigenvalue weighted by Gasteiger charge is 2.20. The maximum atomic E-state index is 10.8. The fourth-order valence-corrected chi connectivity index (χ4v) is 3.50. The van der Waals surface area contributed by atoms with E-state index >= 15 is 0 Å². The van der Waals surface area contributed by atoms with Gasteiger partial charge in [0.1, 0.15) is 0 Å². The van der Waals surface area contributed by atoms with Crippen LogP contribution in [0.15, 0.2) is 18.2 Å². The van der Waals surface area contributed by atoms with Crippen LogP contribution in [-0.2, 0) is 6.54 Å². The molecule has 0 radical (unpaired) electrons. The number of nitro benzene ring substituents is 1. The Morgan fingerprint density at radius 3 is 2.70 bits per heavy atom. The molecule has 1 aliphatic rings. The molecule has 0 atom stereocenters. The third-order valence-corrected chi connectivity index (χ3v) is 5.34. The van der Waals surface area contributed by atoms with Crippen LogP contribution >= 0.6 is 23.4 Å². The van der Waals surface area contributed by atoms with Gasteiger partial charge in [0.2, 0.25) is 0 Å². The first-order chi connectivity index (χ1) is 9.60. The summed E-state index contributed by atoms with van der Waals surface area (Å²) in [5.74, 6) is 0. The van der Waals surface area contributed by atoms with E-state index < -0.39 is 0 Å². The molecule has 1 saturated carbocycles. The van der Waals surface area contributed by atoms with Gasteiger partial charge in [-0.15, -0.1) is 0 Å². The molecule has 1 aromatic carbocycles. The molecule has 0 amide bonds. The molecule has 1 aromatic rings. The van der Waals surface area contributed by atoms with Crippen LogP contribution in [0.2, 0.25) is 5.02 Å². The summed E-state index contributed by atoms with van der Waals surface area (Å²) in [4.78, 5) is 10.4. The number of nitrogens with one attached hydrogen (secondary N) is 1. The Morgan fingerprint density at radius 1 is 1.40 bits per heavy atom. The van der Waals surface area contributed by atoms with Crippen molar-refractivity contribution in [3.8, 4) is 0 Å². The minimum absolute atomic E-state index is 0.0947. The van der Waals surface area contributed by atoms with Gasteiger partial charge in [-0.3, -0.25) is 10.1 Å². The average molecular weight is 315 g/mol. The molecule has 1 fully saturated rings. The van der Waals surface area contributed by atoms with Gasteiger partial charge in [0.05, 0.1) is 4.92 Å². The zero-order chi connectivity index (χ0) is 14.5. The van der Waals surface area contributed by atoms with Crippen LogP contribution in [0.25, 0.3) is 0 Å². The second kappa shape index (κ2) is 7.29. The summed E-state index contributed by atoms with van der Waals surface area (Å²) in [7, 11) is 0. The van der Waals surface area contributed by atoms with E-state index in [1.807, 2.05) is 11.8 Å². The third-order valence-electron chi connectivity index (χ3n) is 3.83. The summed E-state index contributed by atoms with van der Waals surface area (Å²) in [5.41, 5.74) is 0.894. The molecular formula is C14H19ClN2O2S. The zero-order valence-electron chi connectivity index (χ0n) is 11.5. The topological polar surface area (TPSA) is 55.2 Å². The summed E-state index contributed by atoms with van der Waals surface area (Å²) in [6.45, 7) is 0.592. The number of nitrogens with zero attached hydrogens (tertiary/aromatic N) is 1. The lowest BCUT2D eigenvalue weighted by molar-refractivity contribution is -0.384. The molecule has 0 saturated heterocycles. The number of thioether (sulfide) groups is 1. The van der Waals surface area contributed by atoms with E-state index in [4.69, 9.17) is 11.6 Å². The second-order valence-electron chi connectivity index (χ2n) is 5.12. The van der Waals surface area contributed by atoms with E-state index in [9.17, 15) is 10.1 Å². The zero-order valence-corrected chi connectivity index (χ0v) is 13.0. The fraction of sp³-hybridized carbons (Fsp3) is 0.571. The molecule has 6 heteroatoms. The molecule has 110 valence electrons. The largest absolute Gasteiger partial charge is 0.310 e. The monoisotopic (exact) mass is 314 g/mol.